The van der Waals surface area contributed by atoms with E-state index in [2.05, 4.69) is 27.3 Å². The molecule has 1 aliphatic heterocycles. The van der Waals surface area contributed by atoms with E-state index in [1.807, 2.05) is 24.3 Å². The minimum Gasteiger partial charge on any atom is -0.507 e. The first-order valence-electron chi connectivity index (χ1n) is 10.1. The van der Waals surface area contributed by atoms with E-state index in [4.69, 9.17) is 0 Å². The van der Waals surface area contributed by atoms with Crippen LogP contribution in [-0.2, 0) is 6.42 Å². The van der Waals surface area contributed by atoms with Gasteiger partial charge in [0.2, 0.25) is 0 Å². The zero-order chi connectivity index (χ0) is 20.4. The van der Waals surface area contributed by atoms with Crippen LogP contribution in [0.25, 0.3) is 10.9 Å². The average molecular weight is 393 g/mol. The number of nitrogens with one attached hydrogen (secondary N) is 2. The number of piperazine rings is 1. The van der Waals surface area contributed by atoms with Crippen molar-refractivity contribution in [3.05, 3.63) is 47.7 Å². The van der Waals surface area contributed by atoms with E-state index in [1.54, 1.807) is 24.1 Å². The van der Waals surface area contributed by atoms with E-state index in [1.165, 1.54) is 0 Å². The Bertz CT molecular complexity index is 1010. The summed E-state index contributed by atoms with van der Waals surface area (Å²) in [5, 5.41) is 21.9. The van der Waals surface area contributed by atoms with Gasteiger partial charge in [-0.15, -0.1) is 0 Å². The molecule has 3 N–H and O–H groups in total. The van der Waals surface area contributed by atoms with Crippen LogP contribution in [-0.4, -0.2) is 54.4 Å². The largest absolute Gasteiger partial charge is 0.507 e. The number of H-pyrrole nitrogens is 1. The van der Waals surface area contributed by atoms with Gasteiger partial charge in [-0.05, 0) is 36.8 Å². The van der Waals surface area contributed by atoms with Gasteiger partial charge in [-0.1, -0.05) is 13.3 Å². The average Bonchev–Trinajstić information content (AvgIpc) is 3.14. The van der Waals surface area contributed by atoms with E-state index in [-0.39, 0.29) is 17.2 Å². The van der Waals surface area contributed by atoms with Gasteiger partial charge in [-0.2, -0.15) is 5.10 Å². The molecule has 4 rings (SSSR count). The lowest BCUT2D eigenvalue weighted by molar-refractivity contribution is 0.0990. The maximum Gasteiger partial charge on any atom is 0.261 e. The maximum atomic E-state index is 13.1. The van der Waals surface area contributed by atoms with Gasteiger partial charge in [0.05, 0.1) is 11.1 Å². The molecule has 0 saturated carbocycles. The summed E-state index contributed by atoms with van der Waals surface area (Å²) in [6.45, 7) is 6.02. The Morgan fingerprint density at radius 2 is 1.93 bits per heavy atom. The van der Waals surface area contributed by atoms with Crippen molar-refractivity contribution in [1.29, 1.82) is 0 Å². The van der Waals surface area contributed by atoms with Crippen LogP contribution in [0.5, 0.6) is 5.75 Å². The number of carbonyl (C=O) groups excluding carboxylic acids is 1. The summed E-state index contributed by atoms with van der Waals surface area (Å²) >= 11 is 0. The summed E-state index contributed by atoms with van der Waals surface area (Å²) in [6, 6.07) is 11.3. The van der Waals surface area contributed by atoms with Crippen LogP contribution in [0.1, 0.15) is 29.4 Å². The maximum absolute atomic E-state index is 13.1. The lowest BCUT2D eigenvalue weighted by Gasteiger charge is -2.29. The molecular formula is C22H27N5O2. The third-order valence-corrected chi connectivity index (χ3v) is 5.50. The molecule has 0 spiro atoms. The summed E-state index contributed by atoms with van der Waals surface area (Å²) in [4.78, 5) is 17.0. The zero-order valence-corrected chi connectivity index (χ0v) is 16.9. The Hall–Kier alpha value is -3.06. The van der Waals surface area contributed by atoms with Crippen molar-refractivity contribution in [2.75, 3.05) is 43.0 Å². The van der Waals surface area contributed by atoms with E-state index >= 15 is 0 Å². The number of anilines is 2. The molecule has 152 valence electrons. The van der Waals surface area contributed by atoms with E-state index in [0.717, 1.165) is 61.5 Å². The smallest absolute Gasteiger partial charge is 0.261 e. The number of carbonyl (C=O) groups is 1. The van der Waals surface area contributed by atoms with Crippen molar-refractivity contribution < 1.29 is 9.90 Å². The first kappa shape index (κ1) is 19.3. The molecule has 0 aliphatic carbocycles. The molecule has 29 heavy (non-hydrogen) atoms. The van der Waals surface area contributed by atoms with Crippen LogP contribution < -0.4 is 15.1 Å². The van der Waals surface area contributed by atoms with Crippen LogP contribution >= 0.6 is 0 Å². The molecule has 1 aromatic heterocycles. The number of aromatic amines is 1. The molecule has 2 heterocycles. The highest BCUT2D eigenvalue weighted by atomic mass is 16.3. The number of benzene rings is 2. The summed E-state index contributed by atoms with van der Waals surface area (Å²) in [6.07, 6.45) is 1.82. The summed E-state index contributed by atoms with van der Waals surface area (Å²) in [5.41, 5.74) is 3.88. The molecule has 1 fully saturated rings. The molecular weight excluding hydrogens is 366 g/mol. The van der Waals surface area contributed by atoms with Gasteiger partial charge in [0.1, 0.15) is 5.75 Å². The van der Waals surface area contributed by atoms with Crippen LogP contribution in [0.15, 0.2) is 36.4 Å². The summed E-state index contributed by atoms with van der Waals surface area (Å²) in [5.74, 6) is -0.302. The Morgan fingerprint density at radius 1 is 1.21 bits per heavy atom. The molecule has 3 aromatic rings. The fourth-order valence-corrected chi connectivity index (χ4v) is 3.82. The van der Waals surface area contributed by atoms with Crippen molar-refractivity contribution in [1.82, 2.24) is 15.5 Å². The van der Waals surface area contributed by atoms with Gasteiger partial charge in [0.15, 0.2) is 0 Å². The predicted molar refractivity (Wildman–Crippen MR) is 116 cm³/mol. The van der Waals surface area contributed by atoms with Gasteiger partial charge in [-0.3, -0.25) is 9.89 Å². The van der Waals surface area contributed by atoms with Crippen LogP contribution in [0.4, 0.5) is 11.4 Å². The van der Waals surface area contributed by atoms with Crippen molar-refractivity contribution in [3.63, 3.8) is 0 Å². The highest BCUT2D eigenvalue weighted by molar-refractivity contribution is 6.09. The fraction of sp³-hybridized carbons (Fsp3) is 0.364. The van der Waals surface area contributed by atoms with Crippen LogP contribution in [0.2, 0.25) is 0 Å². The molecule has 7 heteroatoms. The monoisotopic (exact) mass is 393 g/mol. The van der Waals surface area contributed by atoms with Gasteiger partial charge >= 0.3 is 0 Å². The third kappa shape index (κ3) is 3.78. The molecule has 0 bridgehead atoms. The minimum absolute atomic E-state index is 0.0543. The topological polar surface area (TPSA) is 84.5 Å². The molecule has 2 aromatic carbocycles. The molecule has 7 nitrogen and oxygen atoms in total. The van der Waals surface area contributed by atoms with Crippen molar-refractivity contribution >= 4 is 28.2 Å². The summed E-state index contributed by atoms with van der Waals surface area (Å²) in [7, 11) is 1.73. The number of aryl methyl sites for hydroxylation is 1. The molecule has 0 radical (unpaired) electrons. The Kier molecular flexibility index (Phi) is 5.40. The normalized spacial score (nSPS) is 14.3. The molecule has 1 saturated heterocycles. The Balaban J connectivity index is 1.58. The standard InChI is InChI=1S/C22H27N5O2/c1-3-4-19-17-13-18(21(28)14-20(17)25-24-19)22(29)26(2)15-5-7-16(8-6-15)27-11-9-23-10-12-27/h5-8,13-14,23,28H,3-4,9-12H2,1-2H3,(H,24,25). The number of hydrogen-bond donors (Lipinski definition) is 3. The van der Waals surface area contributed by atoms with Crippen molar-refractivity contribution in [2.24, 2.45) is 0 Å². The highest BCUT2D eigenvalue weighted by Gasteiger charge is 2.20. The lowest BCUT2D eigenvalue weighted by atomic mass is 10.1. The van der Waals surface area contributed by atoms with E-state index in [0.29, 0.717) is 5.52 Å². The number of fused-ring (bicyclic) bond motifs is 1. The number of phenolic OH excluding ortho intramolecular Hbond substituents is 1. The van der Waals surface area contributed by atoms with Crippen molar-refractivity contribution in [3.8, 4) is 5.75 Å². The number of amides is 1. The van der Waals surface area contributed by atoms with E-state index < -0.39 is 0 Å². The number of aromatic hydroxyl groups is 1. The number of hydrogen-bond acceptors (Lipinski definition) is 5. The Morgan fingerprint density at radius 3 is 2.62 bits per heavy atom. The first-order valence-corrected chi connectivity index (χ1v) is 10.1. The number of nitrogens with zero attached hydrogens (tertiary/aromatic N) is 3. The molecule has 0 atom stereocenters. The van der Waals surface area contributed by atoms with E-state index in [9.17, 15) is 9.90 Å². The number of rotatable bonds is 5. The number of aromatic nitrogens is 2. The van der Waals surface area contributed by atoms with Gasteiger partial charge in [0, 0.05) is 61.7 Å². The zero-order valence-electron chi connectivity index (χ0n) is 16.9. The first-order chi connectivity index (χ1) is 14.1. The minimum atomic E-state index is -0.247. The van der Waals surface area contributed by atoms with Gasteiger partial charge < -0.3 is 20.2 Å². The molecule has 0 unspecified atom stereocenters. The number of phenols is 1. The third-order valence-electron chi connectivity index (χ3n) is 5.50. The second-order valence-electron chi connectivity index (χ2n) is 7.46. The second kappa shape index (κ2) is 8.13. The molecule has 1 aliphatic rings. The highest BCUT2D eigenvalue weighted by Crippen LogP contribution is 2.29. The fourth-order valence-electron chi connectivity index (χ4n) is 3.82. The van der Waals surface area contributed by atoms with Crippen LogP contribution in [0.3, 0.4) is 0 Å². The second-order valence-corrected chi connectivity index (χ2v) is 7.46. The summed E-state index contributed by atoms with van der Waals surface area (Å²) < 4.78 is 0. The van der Waals surface area contributed by atoms with Gasteiger partial charge in [0.25, 0.3) is 5.91 Å². The Labute approximate surface area is 170 Å². The molecule has 1 amide bonds. The quantitative estimate of drug-likeness (QED) is 0.621. The SMILES string of the molecule is CCCc1[nH]nc2cc(O)c(C(=O)N(C)c3ccc(N4CCNCC4)cc3)cc12. The van der Waals surface area contributed by atoms with Crippen LogP contribution in [0, 0.1) is 0 Å². The predicted octanol–water partition coefficient (Wildman–Crippen LogP) is 2.91. The lowest BCUT2D eigenvalue weighted by Crippen LogP contribution is -2.43. The van der Waals surface area contributed by atoms with Crippen molar-refractivity contribution in [2.45, 2.75) is 19.8 Å². The van der Waals surface area contributed by atoms with Gasteiger partial charge in [-0.25, -0.2) is 0 Å².